The number of nitrogens with one attached hydrogen (secondary N) is 2. The van der Waals surface area contributed by atoms with Crippen molar-refractivity contribution in [2.45, 2.75) is 0 Å². The molecule has 2 heterocycles. The molecule has 1 aromatic carbocycles. The summed E-state index contributed by atoms with van der Waals surface area (Å²) in [7, 11) is 0. The van der Waals surface area contributed by atoms with E-state index in [1.165, 1.54) is 18.3 Å². The van der Waals surface area contributed by atoms with Gasteiger partial charge in [-0.1, -0.05) is 12.1 Å². The van der Waals surface area contributed by atoms with Gasteiger partial charge in [0.15, 0.2) is 5.43 Å². The second-order valence-corrected chi connectivity index (χ2v) is 5.01. The molecule has 1 aliphatic rings. The number of morpholine rings is 1. The van der Waals surface area contributed by atoms with Crippen LogP contribution in [0.1, 0.15) is 10.5 Å². The Labute approximate surface area is 127 Å². The fourth-order valence-electron chi connectivity index (χ4n) is 2.43. The van der Waals surface area contributed by atoms with Crippen LogP contribution in [0.3, 0.4) is 0 Å². The first-order chi connectivity index (χ1) is 10.7. The summed E-state index contributed by atoms with van der Waals surface area (Å²) in [6, 6.07) is 10.3. The minimum atomic E-state index is -0.335. The Kier molecular flexibility index (Phi) is 4.20. The summed E-state index contributed by atoms with van der Waals surface area (Å²) >= 11 is 0. The molecule has 2 aromatic rings. The second kappa shape index (κ2) is 6.44. The lowest BCUT2D eigenvalue weighted by Crippen LogP contribution is -2.36. The summed E-state index contributed by atoms with van der Waals surface area (Å²) in [6.07, 6.45) is 1.46. The summed E-state index contributed by atoms with van der Waals surface area (Å²) in [5.74, 6) is -0.335. The van der Waals surface area contributed by atoms with E-state index >= 15 is 0 Å². The van der Waals surface area contributed by atoms with Gasteiger partial charge in [0.05, 0.1) is 24.6 Å². The molecule has 1 saturated heterocycles. The van der Waals surface area contributed by atoms with Crippen LogP contribution in [0, 0.1) is 0 Å². The number of carbonyl (C=O) groups excluding carboxylic acids is 1. The molecule has 0 radical (unpaired) electrons. The first-order valence-electron chi connectivity index (χ1n) is 7.16. The van der Waals surface area contributed by atoms with Crippen molar-refractivity contribution in [3.05, 3.63) is 58.5 Å². The van der Waals surface area contributed by atoms with E-state index in [9.17, 15) is 9.59 Å². The molecule has 0 bridgehead atoms. The average molecular weight is 299 g/mol. The Morgan fingerprint density at radius 1 is 1.18 bits per heavy atom. The molecule has 0 unspecified atom stereocenters. The zero-order valence-electron chi connectivity index (χ0n) is 12.0. The number of nitrogens with zero attached hydrogens (tertiary/aromatic N) is 1. The van der Waals surface area contributed by atoms with E-state index in [2.05, 4.69) is 15.2 Å². The maximum atomic E-state index is 12.3. The Morgan fingerprint density at radius 2 is 1.95 bits per heavy atom. The van der Waals surface area contributed by atoms with E-state index in [1.54, 1.807) is 0 Å². The van der Waals surface area contributed by atoms with Crippen molar-refractivity contribution in [3.8, 4) is 0 Å². The van der Waals surface area contributed by atoms with Crippen LogP contribution in [0.25, 0.3) is 0 Å². The number of H-pyrrole nitrogens is 1. The van der Waals surface area contributed by atoms with E-state index in [4.69, 9.17) is 4.74 Å². The van der Waals surface area contributed by atoms with E-state index in [0.29, 0.717) is 13.2 Å². The Balaban J connectivity index is 1.83. The van der Waals surface area contributed by atoms with Crippen LogP contribution < -0.4 is 15.6 Å². The highest BCUT2D eigenvalue weighted by Crippen LogP contribution is 2.26. The molecule has 22 heavy (non-hydrogen) atoms. The molecule has 2 N–H and O–H groups in total. The largest absolute Gasteiger partial charge is 0.378 e. The fraction of sp³-hybridized carbons (Fsp3) is 0.250. The summed E-state index contributed by atoms with van der Waals surface area (Å²) in [4.78, 5) is 28.6. The Bertz CT molecular complexity index is 720. The number of pyridine rings is 1. The number of hydrogen-bond acceptors (Lipinski definition) is 4. The molecule has 6 nitrogen and oxygen atoms in total. The van der Waals surface area contributed by atoms with Crippen LogP contribution in [-0.4, -0.2) is 37.2 Å². The molecule has 114 valence electrons. The van der Waals surface area contributed by atoms with E-state index in [1.807, 2.05) is 24.3 Å². The van der Waals surface area contributed by atoms with Gasteiger partial charge in [-0.3, -0.25) is 9.59 Å². The van der Waals surface area contributed by atoms with Crippen LogP contribution in [0.15, 0.2) is 47.4 Å². The smallest absolute Gasteiger partial charge is 0.272 e. The predicted molar refractivity (Wildman–Crippen MR) is 84.5 cm³/mol. The third-order valence-electron chi connectivity index (χ3n) is 3.52. The van der Waals surface area contributed by atoms with Crippen LogP contribution in [-0.2, 0) is 4.74 Å². The highest BCUT2D eigenvalue weighted by molar-refractivity contribution is 6.04. The first-order valence-corrected chi connectivity index (χ1v) is 7.16. The normalized spacial score (nSPS) is 14.6. The van der Waals surface area contributed by atoms with Crippen LogP contribution in [0.2, 0.25) is 0 Å². The van der Waals surface area contributed by atoms with Gasteiger partial charge in [-0.25, -0.2) is 0 Å². The van der Waals surface area contributed by atoms with E-state index in [-0.39, 0.29) is 17.0 Å². The number of carbonyl (C=O) groups is 1. The van der Waals surface area contributed by atoms with Crippen LogP contribution in [0.4, 0.5) is 11.4 Å². The van der Waals surface area contributed by atoms with Gasteiger partial charge in [0.1, 0.15) is 5.69 Å². The number of para-hydroxylation sites is 2. The van der Waals surface area contributed by atoms with Gasteiger partial charge in [-0.2, -0.15) is 0 Å². The molecule has 0 saturated carbocycles. The van der Waals surface area contributed by atoms with Crippen LogP contribution in [0.5, 0.6) is 0 Å². The Morgan fingerprint density at radius 3 is 2.73 bits per heavy atom. The molecule has 0 aliphatic carbocycles. The van der Waals surface area contributed by atoms with Crippen molar-refractivity contribution >= 4 is 17.3 Å². The molecular formula is C16H17N3O3. The van der Waals surface area contributed by atoms with Crippen molar-refractivity contribution in [1.29, 1.82) is 0 Å². The third kappa shape index (κ3) is 3.17. The van der Waals surface area contributed by atoms with Crippen LogP contribution >= 0.6 is 0 Å². The summed E-state index contributed by atoms with van der Waals surface area (Å²) in [5, 5.41) is 2.86. The van der Waals surface area contributed by atoms with Crippen molar-refractivity contribution in [2.75, 3.05) is 36.5 Å². The number of amides is 1. The van der Waals surface area contributed by atoms with Crippen molar-refractivity contribution in [1.82, 2.24) is 4.98 Å². The fourth-order valence-corrected chi connectivity index (χ4v) is 2.43. The maximum absolute atomic E-state index is 12.3. The predicted octanol–water partition coefficient (Wildman–Crippen LogP) is 1.46. The molecule has 3 rings (SSSR count). The number of benzene rings is 1. The highest BCUT2D eigenvalue weighted by Gasteiger charge is 2.16. The first kappa shape index (κ1) is 14.3. The quantitative estimate of drug-likeness (QED) is 0.900. The number of rotatable bonds is 3. The lowest BCUT2D eigenvalue weighted by molar-refractivity contribution is 0.102. The Hall–Kier alpha value is -2.60. The van der Waals surface area contributed by atoms with Gasteiger partial charge >= 0.3 is 0 Å². The topological polar surface area (TPSA) is 74.4 Å². The molecule has 0 spiro atoms. The molecule has 1 amide bonds. The number of ether oxygens (including phenoxy) is 1. The maximum Gasteiger partial charge on any atom is 0.272 e. The SMILES string of the molecule is O=C(Nc1ccccc1N1CCOCC1)c1cc(=O)cc[nH]1. The minimum Gasteiger partial charge on any atom is -0.378 e. The molecule has 1 fully saturated rings. The van der Waals surface area contributed by atoms with E-state index in [0.717, 1.165) is 24.5 Å². The average Bonchev–Trinajstić information content (AvgIpc) is 2.56. The monoisotopic (exact) mass is 299 g/mol. The lowest BCUT2D eigenvalue weighted by Gasteiger charge is -2.30. The standard InChI is InChI=1S/C16H17N3O3/c20-12-5-6-17-14(11-12)16(21)18-13-3-1-2-4-15(13)19-7-9-22-10-8-19/h1-6,11H,7-10H2,(H,17,20)(H,18,21). The molecule has 1 aliphatic heterocycles. The summed E-state index contributed by atoms with van der Waals surface area (Å²) < 4.78 is 5.36. The number of aromatic nitrogens is 1. The molecule has 0 atom stereocenters. The van der Waals surface area contributed by atoms with Crippen molar-refractivity contribution in [2.24, 2.45) is 0 Å². The summed E-state index contributed by atoms with van der Waals surface area (Å²) in [5.41, 5.74) is 1.71. The molecular weight excluding hydrogens is 282 g/mol. The van der Waals surface area contributed by atoms with Gasteiger partial charge in [0, 0.05) is 31.4 Å². The van der Waals surface area contributed by atoms with Crippen molar-refractivity contribution in [3.63, 3.8) is 0 Å². The van der Waals surface area contributed by atoms with Gasteiger partial charge < -0.3 is 19.9 Å². The van der Waals surface area contributed by atoms with Gasteiger partial charge in [-0.05, 0) is 12.1 Å². The van der Waals surface area contributed by atoms with Gasteiger partial charge in [0.2, 0.25) is 0 Å². The van der Waals surface area contributed by atoms with Crippen molar-refractivity contribution < 1.29 is 9.53 Å². The highest BCUT2D eigenvalue weighted by atomic mass is 16.5. The second-order valence-electron chi connectivity index (χ2n) is 5.01. The molecule has 1 aromatic heterocycles. The zero-order valence-corrected chi connectivity index (χ0v) is 12.0. The number of anilines is 2. The number of hydrogen-bond donors (Lipinski definition) is 2. The van der Waals surface area contributed by atoms with E-state index < -0.39 is 0 Å². The lowest BCUT2D eigenvalue weighted by atomic mass is 10.2. The van der Waals surface area contributed by atoms with Gasteiger partial charge in [-0.15, -0.1) is 0 Å². The van der Waals surface area contributed by atoms with Gasteiger partial charge in [0.25, 0.3) is 5.91 Å². The summed E-state index contributed by atoms with van der Waals surface area (Å²) in [6.45, 7) is 2.92. The number of aromatic amines is 1. The molecule has 6 heteroatoms. The minimum absolute atomic E-state index is 0.203. The zero-order chi connectivity index (χ0) is 15.4. The third-order valence-corrected chi connectivity index (χ3v) is 3.52.